The van der Waals surface area contributed by atoms with Gasteiger partial charge in [-0.25, -0.2) is 0 Å². The van der Waals surface area contributed by atoms with E-state index in [-0.39, 0.29) is 5.41 Å². The zero-order valence-electron chi connectivity index (χ0n) is 25.8. The van der Waals surface area contributed by atoms with Crippen LogP contribution in [0, 0.1) is 0 Å². The van der Waals surface area contributed by atoms with Crippen LogP contribution in [0.25, 0.3) is 60.5 Å². The lowest BCUT2D eigenvalue weighted by Crippen LogP contribution is -2.41. The quantitative estimate of drug-likeness (QED) is 0.204. The molecule has 215 valence electrons. The van der Waals surface area contributed by atoms with Crippen molar-refractivity contribution in [1.82, 2.24) is 4.57 Å². The van der Waals surface area contributed by atoms with E-state index in [1.54, 1.807) is 0 Å². The Morgan fingerprint density at radius 3 is 2.17 bits per heavy atom. The molecular weight excluding hydrogens is 555 g/mol. The zero-order valence-corrected chi connectivity index (χ0v) is 25.8. The van der Waals surface area contributed by atoms with E-state index in [9.17, 15) is 0 Å². The zero-order chi connectivity index (χ0) is 30.6. The Kier molecular flexibility index (Phi) is 5.18. The van der Waals surface area contributed by atoms with Crippen LogP contribution >= 0.6 is 0 Å². The van der Waals surface area contributed by atoms with Crippen molar-refractivity contribution in [3.63, 3.8) is 0 Å². The topological polar surface area (TPSA) is 17.0 Å². The van der Waals surface area contributed by atoms with Gasteiger partial charge in [-0.05, 0) is 74.4 Å². The highest BCUT2D eigenvalue weighted by molar-refractivity contribution is 6.74. The minimum Gasteiger partial charge on any atom is -0.355 e. The molecule has 1 radical (unpaired) electrons. The summed E-state index contributed by atoms with van der Waals surface area (Å²) in [5.74, 6) is 0. The lowest BCUT2D eigenvalue weighted by atomic mass is 9.57. The van der Waals surface area contributed by atoms with Gasteiger partial charge in [0.15, 0.2) is 7.28 Å². The molecule has 0 amide bonds. The summed E-state index contributed by atoms with van der Waals surface area (Å²) in [6, 6.07) is 50.9. The monoisotopic (exact) mass is 585 g/mol. The van der Waals surface area contributed by atoms with Gasteiger partial charge in [0, 0.05) is 44.3 Å². The first-order chi connectivity index (χ1) is 22.6. The van der Waals surface area contributed by atoms with Crippen LogP contribution in [0.5, 0.6) is 0 Å². The Bertz CT molecular complexity index is 2540. The number of aromatic nitrogens is 1. The first-order valence-corrected chi connectivity index (χ1v) is 16.1. The van der Waals surface area contributed by atoms with E-state index >= 15 is 0 Å². The van der Waals surface area contributed by atoms with Gasteiger partial charge in [0.1, 0.15) is 0 Å². The summed E-state index contributed by atoms with van der Waals surface area (Å²) in [4.78, 5) is 0. The fourth-order valence-electron chi connectivity index (χ4n) is 8.25. The third kappa shape index (κ3) is 3.38. The normalized spacial score (nSPS) is 13.8. The van der Waals surface area contributed by atoms with Crippen LogP contribution < -0.4 is 16.2 Å². The molecule has 0 saturated carbocycles. The molecule has 8 aromatic rings. The van der Waals surface area contributed by atoms with E-state index in [0.29, 0.717) is 0 Å². The van der Waals surface area contributed by atoms with Crippen LogP contribution in [0.2, 0.25) is 0 Å². The lowest BCUT2D eigenvalue weighted by molar-refractivity contribution is 0.632. The van der Waals surface area contributed by atoms with E-state index < -0.39 is 0 Å². The SMILES string of the molecule is CC1(C)c2cccc3c2-n2c4c(c(-c5ccccc5Nc5ccccc5)cc(-c5ccccc5)c4c4c5ccccc5cc1c42)[B]3. The van der Waals surface area contributed by atoms with E-state index in [0.717, 1.165) is 11.4 Å². The number of fused-ring (bicyclic) bond motifs is 3. The Morgan fingerprint density at radius 2 is 1.33 bits per heavy atom. The average molecular weight is 586 g/mol. The number of para-hydroxylation sites is 3. The summed E-state index contributed by atoms with van der Waals surface area (Å²) < 4.78 is 2.63. The molecule has 3 heterocycles. The van der Waals surface area contributed by atoms with Gasteiger partial charge in [-0.2, -0.15) is 0 Å². The molecule has 0 saturated heterocycles. The number of nitrogens with one attached hydrogen (secondary N) is 1. The van der Waals surface area contributed by atoms with Gasteiger partial charge in [0.25, 0.3) is 0 Å². The van der Waals surface area contributed by atoms with Crippen LogP contribution in [-0.2, 0) is 5.41 Å². The highest BCUT2D eigenvalue weighted by atomic mass is 15.0. The molecular formula is C43H30BN2. The summed E-state index contributed by atoms with van der Waals surface area (Å²) in [6.45, 7) is 4.80. The lowest BCUT2D eigenvalue weighted by Gasteiger charge is -2.38. The molecule has 0 aliphatic carbocycles. The minimum absolute atomic E-state index is 0.148. The van der Waals surface area contributed by atoms with Crippen LogP contribution in [0.1, 0.15) is 25.0 Å². The smallest absolute Gasteiger partial charge is 0.197 e. The van der Waals surface area contributed by atoms with Gasteiger partial charge < -0.3 is 9.88 Å². The van der Waals surface area contributed by atoms with E-state index in [4.69, 9.17) is 0 Å². The highest BCUT2D eigenvalue weighted by Gasteiger charge is 2.40. The van der Waals surface area contributed by atoms with Gasteiger partial charge >= 0.3 is 0 Å². The molecule has 0 bridgehead atoms. The van der Waals surface area contributed by atoms with Crippen molar-refractivity contribution in [2.24, 2.45) is 0 Å². The van der Waals surface area contributed by atoms with Gasteiger partial charge in [-0.15, -0.1) is 0 Å². The molecule has 10 rings (SSSR count). The fraction of sp³-hybridized carbons (Fsp3) is 0.0698. The Hall–Kier alpha value is -5.54. The number of rotatable bonds is 4. The fourth-order valence-corrected chi connectivity index (χ4v) is 8.25. The summed E-state index contributed by atoms with van der Waals surface area (Å²) in [5, 5.41) is 9.03. The highest BCUT2D eigenvalue weighted by Crippen LogP contribution is 2.52. The summed E-state index contributed by atoms with van der Waals surface area (Å²) in [7, 11) is 2.45. The molecule has 1 aromatic heterocycles. The second-order valence-electron chi connectivity index (χ2n) is 13.2. The first-order valence-electron chi connectivity index (χ1n) is 16.1. The molecule has 2 aliphatic rings. The Balaban J connectivity index is 1.43. The van der Waals surface area contributed by atoms with Gasteiger partial charge in [0.2, 0.25) is 0 Å². The summed E-state index contributed by atoms with van der Waals surface area (Å²) in [5.41, 5.74) is 16.2. The maximum Gasteiger partial charge on any atom is 0.197 e. The van der Waals surface area contributed by atoms with Crippen molar-refractivity contribution in [2.75, 3.05) is 5.32 Å². The largest absolute Gasteiger partial charge is 0.355 e. The number of hydrogen-bond donors (Lipinski definition) is 1. The average Bonchev–Trinajstić information content (AvgIpc) is 3.46. The number of benzene rings is 7. The standard InChI is InChI=1S/C43H30BN2/c1-43(2)33-21-13-22-35-40(33)46-41-34(43)24-27-16-9-10-19-29(27)37(41)38-31(26-14-5-3-6-15-26)25-32(39(44-35)42(38)46)30-20-11-12-23-36(30)45-28-17-7-4-8-18-28/h3-25,45H,1-2H3. The molecule has 2 nitrogen and oxygen atoms in total. The van der Waals surface area contributed by atoms with E-state index in [1.807, 2.05) is 0 Å². The van der Waals surface area contributed by atoms with Gasteiger partial charge in [-0.1, -0.05) is 129 Å². The minimum atomic E-state index is -0.148. The van der Waals surface area contributed by atoms with Crippen molar-refractivity contribution in [1.29, 1.82) is 0 Å². The molecule has 0 fully saturated rings. The molecule has 3 heteroatoms. The third-order valence-corrected chi connectivity index (χ3v) is 10.4. The number of nitrogens with zero attached hydrogens (tertiary/aromatic N) is 1. The number of anilines is 2. The molecule has 0 atom stereocenters. The summed E-state index contributed by atoms with van der Waals surface area (Å²) in [6.07, 6.45) is 0. The molecule has 0 spiro atoms. The van der Waals surface area contributed by atoms with Gasteiger partial charge in [0.05, 0.1) is 5.52 Å². The molecule has 7 aromatic carbocycles. The molecule has 46 heavy (non-hydrogen) atoms. The first kappa shape index (κ1) is 25.8. The maximum atomic E-state index is 3.74. The van der Waals surface area contributed by atoms with Crippen molar-refractivity contribution >= 4 is 62.2 Å². The van der Waals surface area contributed by atoms with Gasteiger partial charge in [-0.3, -0.25) is 0 Å². The van der Waals surface area contributed by atoms with Crippen molar-refractivity contribution in [2.45, 2.75) is 19.3 Å². The van der Waals surface area contributed by atoms with Crippen LogP contribution in [0.4, 0.5) is 11.4 Å². The number of hydrogen-bond acceptors (Lipinski definition) is 1. The van der Waals surface area contributed by atoms with Crippen LogP contribution in [0.3, 0.4) is 0 Å². The predicted octanol–water partition coefficient (Wildman–Crippen LogP) is 9.62. The van der Waals surface area contributed by atoms with E-state index in [1.165, 1.54) is 82.6 Å². The van der Waals surface area contributed by atoms with Crippen molar-refractivity contribution < 1.29 is 0 Å². The molecule has 0 unspecified atom stereocenters. The molecule has 1 N–H and O–H groups in total. The van der Waals surface area contributed by atoms with Crippen LogP contribution in [-0.4, -0.2) is 11.8 Å². The Labute approximate surface area is 269 Å². The third-order valence-electron chi connectivity index (χ3n) is 10.4. The van der Waals surface area contributed by atoms with E-state index in [2.05, 4.69) is 171 Å². The van der Waals surface area contributed by atoms with Crippen molar-refractivity contribution in [3.8, 4) is 27.9 Å². The second-order valence-corrected chi connectivity index (χ2v) is 13.2. The maximum absolute atomic E-state index is 3.74. The molecule has 2 aliphatic heterocycles. The Morgan fingerprint density at radius 1 is 0.587 bits per heavy atom. The summed E-state index contributed by atoms with van der Waals surface area (Å²) >= 11 is 0. The predicted molar refractivity (Wildman–Crippen MR) is 196 cm³/mol. The van der Waals surface area contributed by atoms with Crippen molar-refractivity contribution in [3.05, 3.63) is 151 Å². The van der Waals surface area contributed by atoms with Crippen LogP contribution in [0.15, 0.2) is 140 Å². The second kappa shape index (κ2) is 9.25.